The van der Waals surface area contributed by atoms with Crippen molar-refractivity contribution in [3.63, 3.8) is 0 Å². The molecule has 1 aliphatic rings. The van der Waals surface area contributed by atoms with Gasteiger partial charge in [-0.3, -0.25) is 4.79 Å². The number of halogens is 3. The first-order valence-electron chi connectivity index (χ1n) is 10.3. The summed E-state index contributed by atoms with van der Waals surface area (Å²) in [5, 5.41) is 7.79. The maximum Gasteiger partial charge on any atom is 0.413 e. The first-order valence-corrected chi connectivity index (χ1v) is 12.9. The first-order chi connectivity index (χ1) is 16.0. The predicted octanol–water partition coefficient (Wildman–Crippen LogP) is 3.35. The second-order valence-corrected chi connectivity index (χ2v) is 11.0. The number of sulfone groups is 1. The first kappa shape index (κ1) is 24.1. The Morgan fingerprint density at radius 1 is 1.21 bits per heavy atom. The third-order valence-corrected chi connectivity index (χ3v) is 7.96. The van der Waals surface area contributed by atoms with Crippen LogP contribution in [0.15, 0.2) is 43.0 Å². The number of carbonyl (C=O) groups excluding carboxylic acids is 1. The Hall–Kier alpha value is -3.00. The van der Waals surface area contributed by atoms with Crippen molar-refractivity contribution in [2.45, 2.75) is 25.1 Å². The lowest BCUT2D eigenvalue weighted by Gasteiger charge is -2.34. The lowest BCUT2D eigenvalue weighted by molar-refractivity contribution is -0.190. The van der Waals surface area contributed by atoms with Crippen LogP contribution in [0, 0.1) is 5.92 Å². The average molecular weight is 515 g/mol. The number of amides is 1. The molecule has 3 aromatic rings. The number of benzene rings is 1. The second-order valence-electron chi connectivity index (χ2n) is 7.96. The molecular formula is C20H21F3N6O3S2. The lowest BCUT2D eigenvalue weighted by atomic mass is 9.98. The minimum Gasteiger partial charge on any atom is -0.353 e. The number of nitrogens with one attached hydrogen (secondary N) is 1. The van der Waals surface area contributed by atoms with Crippen molar-refractivity contribution in [3.05, 3.63) is 48.5 Å². The van der Waals surface area contributed by atoms with Gasteiger partial charge in [0.25, 0.3) is 0 Å². The highest BCUT2D eigenvalue weighted by atomic mass is 32.2. The molecule has 1 aromatic carbocycles. The zero-order valence-corrected chi connectivity index (χ0v) is 19.6. The Bertz CT molecular complexity index is 1230. The highest BCUT2D eigenvalue weighted by Gasteiger charge is 2.46. The highest BCUT2D eigenvalue weighted by molar-refractivity contribution is 7.91. The monoisotopic (exact) mass is 514 g/mol. The lowest BCUT2D eigenvalue weighted by Crippen LogP contribution is -2.44. The van der Waals surface area contributed by atoms with E-state index >= 15 is 0 Å². The number of rotatable bonds is 6. The van der Waals surface area contributed by atoms with Crippen LogP contribution in [0.5, 0.6) is 0 Å². The van der Waals surface area contributed by atoms with Gasteiger partial charge in [-0.2, -0.15) is 22.6 Å². The molecule has 9 nitrogen and oxygen atoms in total. The van der Waals surface area contributed by atoms with E-state index in [0.29, 0.717) is 21.4 Å². The maximum atomic E-state index is 14.0. The molecule has 1 atom stereocenters. The van der Waals surface area contributed by atoms with Crippen LogP contribution in [0.2, 0.25) is 0 Å². The Balaban J connectivity index is 1.48. The van der Waals surface area contributed by atoms with Gasteiger partial charge in [0, 0.05) is 30.2 Å². The summed E-state index contributed by atoms with van der Waals surface area (Å²) in [5.74, 6) is -1.83. The zero-order chi connectivity index (χ0) is 24.5. The quantitative estimate of drug-likeness (QED) is 0.537. The van der Waals surface area contributed by atoms with Crippen LogP contribution in [-0.2, 0) is 14.6 Å². The zero-order valence-electron chi connectivity index (χ0n) is 17.9. The van der Waals surface area contributed by atoms with E-state index in [4.69, 9.17) is 0 Å². The van der Waals surface area contributed by atoms with Gasteiger partial charge in [0.1, 0.15) is 16.2 Å². The minimum atomic E-state index is -4.71. The Kier molecular flexibility index (Phi) is 6.62. The van der Waals surface area contributed by atoms with Crippen molar-refractivity contribution in [3.8, 4) is 5.13 Å². The smallest absolute Gasteiger partial charge is 0.353 e. The summed E-state index contributed by atoms with van der Waals surface area (Å²) in [4.78, 5) is 17.5. The van der Waals surface area contributed by atoms with E-state index in [9.17, 15) is 26.4 Å². The normalized spacial score (nSPS) is 17.3. The maximum absolute atomic E-state index is 14.0. The van der Waals surface area contributed by atoms with Crippen LogP contribution < -0.4 is 5.32 Å². The fourth-order valence-corrected chi connectivity index (χ4v) is 5.82. The van der Waals surface area contributed by atoms with Crippen molar-refractivity contribution >= 4 is 38.7 Å². The molecular weight excluding hydrogens is 493 g/mol. The van der Waals surface area contributed by atoms with Gasteiger partial charge in [0.2, 0.25) is 11.0 Å². The van der Waals surface area contributed by atoms with Gasteiger partial charge in [0.05, 0.1) is 29.6 Å². The molecule has 34 heavy (non-hydrogen) atoms. The third-order valence-electron chi connectivity index (χ3n) is 5.59. The molecule has 1 unspecified atom stereocenters. The van der Waals surface area contributed by atoms with Gasteiger partial charge in [-0.05, 0) is 30.5 Å². The van der Waals surface area contributed by atoms with Crippen LogP contribution in [0.3, 0.4) is 0 Å². The number of hydrogen-bond acceptors (Lipinski definition) is 8. The SMILES string of the molecule is CN(C(=O)C1CCS(=O)(=O)CC1)C(c1ccc(Nc2cnn(-c3ncns3)c2)cc1)C(F)(F)F. The number of carbonyl (C=O) groups is 1. The second kappa shape index (κ2) is 9.33. The van der Waals surface area contributed by atoms with Gasteiger partial charge in [-0.15, -0.1) is 0 Å². The van der Waals surface area contributed by atoms with Crippen molar-refractivity contribution in [2.24, 2.45) is 5.92 Å². The Morgan fingerprint density at radius 2 is 1.88 bits per heavy atom. The van der Waals surface area contributed by atoms with Crippen molar-refractivity contribution in [1.82, 2.24) is 24.0 Å². The molecule has 0 spiro atoms. The highest BCUT2D eigenvalue weighted by Crippen LogP contribution is 2.39. The number of nitrogens with zero attached hydrogens (tertiary/aromatic N) is 5. The van der Waals surface area contributed by atoms with Gasteiger partial charge in [-0.1, -0.05) is 12.1 Å². The number of hydrogen-bond donors (Lipinski definition) is 1. The van der Waals surface area contributed by atoms with Crippen LogP contribution in [0.25, 0.3) is 5.13 Å². The summed E-state index contributed by atoms with van der Waals surface area (Å²) >= 11 is 1.16. The van der Waals surface area contributed by atoms with Gasteiger partial charge in [0.15, 0.2) is 6.04 Å². The molecule has 0 radical (unpaired) electrons. The summed E-state index contributed by atoms with van der Waals surface area (Å²) < 4.78 is 70.5. The number of aromatic nitrogens is 4. The van der Waals surface area contributed by atoms with E-state index in [0.717, 1.165) is 18.6 Å². The predicted molar refractivity (Wildman–Crippen MR) is 120 cm³/mol. The molecule has 1 amide bonds. The molecule has 4 rings (SSSR count). The van der Waals surface area contributed by atoms with Crippen molar-refractivity contribution in [1.29, 1.82) is 0 Å². The summed E-state index contributed by atoms with van der Waals surface area (Å²) in [5.41, 5.74) is 1.05. The van der Waals surface area contributed by atoms with Crippen LogP contribution in [-0.4, -0.2) is 63.1 Å². The number of anilines is 2. The van der Waals surface area contributed by atoms with Crippen LogP contribution in [0.4, 0.5) is 24.5 Å². The standard InChI is InChI=1S/C20H21F3N6O3S2/c1-28(18(30)14-6-8-34(31,32)9-7-14)17(20(21,22)23)13-2-4-15(5-3-13)27-16-10-25-29(11-16)19-24-12-26-33-19/h2-5,10-12,14,17,27H,6-9H2,1H3. The number of alkyl halides is 3. The molecule has 1 aliphatic heterocycles. The van der Waals surface area contributed by atoms with E-state index in [1.54, 1.807) is 12.4 Å². The van der Waals surface area contributed by atoms with E-state index in [1.165, 1.54) is 35.3 Å². The van der Waals surface area contributed by atoms with E-state index in [1.807, 2.05) is 0 Å². The fourth-order valence-electron chi connectivity index (χ4n) is 3.86. The van der Waals surface area contributed by atoms with E-state index in [2.05, 4.69) is 19.8 Å². The van der Waals surface area contributed by atoms with Crippen molar-refractivity contribution in [2.75, 3.05) is 23.9 Å². The summed E-state index contributed by atoms with van der Waals surface area (Å²) in [6.45, 7) is 0. The summed E-state index contributed by atoms with van der Waals surface area (Å²) in [6, 6.07) is 3.45. The van der Waals surface area contributed by atoms with Gasteiger partial charge >= 0.3 is 6.18 Å². The van der Waals surface area contributed by atoms with E-state index < -0.39 is 33.9 Å². The summed E-state index contributed by atoms with van der Waals surface area (Å²) in [7, 11) is -2.12. The molecule has 2 aromatic heterocycles. The fraction of sp³-hybridized carbons (Fsp3) is 0.400. The van der Waals surface area contributed by atoms with Gasteiger partial charge in [-0.25, -0.2) is 18.1 Å². The summed E-state index contributed by atoms with van der Waals surface area (Å²) in [6.07, 6.45) is -0.0206. The van der Waals surface area contributed by atoms with Crippen molar-refractivity contribution < 1.29 is 26.4 Å². The topological polar surface area (TPSA) is 110 Å². The van der Waals surface area contributed by atoms with Crippen LogP contribution >= 0.6 is 11.5 Å². The molecule has 0 saturated carbocycles. The molecule has 1 N–H and O–H groups in total. The Morgan fingerprint density at radius 3 is 2.47 bits per heavy atom. The molecule has 0 bridgehead atoms. The van der Waals surface area contributed by atoms with E-state index in [-0.39, 0.29) is 29.9 Å². The van der Waals surface area contributed by atoms with Gasteiger partial charge < -0.3 is 10.2 Å². The Labute approximate surface area is 197 Å². The molecule has 0 aliphatic carbocycles. The largest absolute Gasteiger partial charge is 0.413 e. The van der Waals surface area contributed by atoms with Crippen LogP contribution in [0.1, 0.15) is 24.4 Å². The molecule has 1 saturated heterocycles. The minimum absolute atomic E-state index is 0.0314. The molecule has 182 valence electrons. The molecule has 1 fully saturated rings. The molecule has 14 heteroatoms. The third kappa shape index (κ3) is 5.38. The average Bonchev–Trinajstić information content (AvgIpc) is 3.46. The molecule has 3 heterocycles.